The van der Waals surface area contributed by atoms with E-state index in [2.05, 4.69) is 4.72 Å². The van der Waals surface area contributed by atoms with Crippen molar-refractivity contribution in [2.24, 2.45) is 0 Å². The summed E-state index contributed by atoms with van der Waals surface area (Å²) in [7, 11) is -3.68. The Kier molecular flexibility index (Phi) is 4.82. The van der Waals surface area contributed by atoms with E-state index in [4.69, 9.17) is 4.42 Å². The summed E-state index contributed by atoms with van der Waals surface area (Å²) in [6.07, 6.45) is 2.10. The minimum Gasteiger partial charge on any atom is -0.468 e. The van der Waals surface area contributed by atoms with Gasteiger partial charge in [0.1, 0.15) is 5.76 Å². The molecule has 0 aliphatic rings. The maximum Gasteiger partial charge on any atom is 0.241 e. The van der Waals surface area contributed by atoms with E-state index in [-0.39, 0.29) is 11.5 Å². The van der Waals surface area contributed by atoms with Crippen molar-refractivity contribution in [2.45, 2.75) is 37.8 Å². The minimum atomic E-state index is -3.68. The van der Waals surface area contributed by atoms with Crippen molar-refractivity contribution >= 4 is 10.0 Å². The number of aliphatic hydroxyl groups excluding tert-OH is 1. The number of benzene rings is 1. The lowest BCUT2D eigenvalue weighted by molar-refractivity contribution is 0.281. The number of sulfonamides is 1. The van der Waals surface area contributed by atoms with E-state index in [0.29, 0.717) is 23.3 Å². The molecule has 0 saturated carbocycles. The van der Waals surface area contributed by atoms with Gasteiger partial charge in [0.05, 0.1) is 23.8 Å². The van der Waals surface area contributed by atoms with E-state index >= 15 is 0 Å². The number of aryl methyl sites for hydroxylation is 1. The fraction of sp³-hybridized carbons (Fsp3) is 0.333. The first-order valence-electron chi connectivity index (χ1n) is 6.76. The van der Waals surface area contributed by atoms with Crippen LogP contribution in [0.2, 0.25) is 0 Å². The first-order valence-corrected chi connectivity index (χ1v) is 8.24. The summed E-state index contributed by atoms with van der Waals surface area (Å²) >= 11 is 0. The lowest BCUT2D eigenvalue weighted by atomic mass is 10.1. The SMILES string of the molecule is CCc1ccc(CO)cc1S(=O)(=O)NC(C)c1ccco1. The predicted molar refractivity (Wildman–Crippen MR) is 79.2 cm³/mol. The molecule has 2 rings (SSSR count). The molecule has 0 aliphatic heterocycles. The molecule has 0 aliphatic carbocycles. The summed E-state index contributed by atoms with van der Waals surface area (Å²) in [5, 5.41) is 9.19. The van der Waals surface area contributed by atoms with Gasteiger partial charge in [-0.15, -0.1) is 0 Å². The molecule has 1 heterocycles. The smallest absolute Gasteiger partial charge is 0.241 e. The van der Waals surface area contributed by atoms with Crippen LogP contribution in [0.25, 0.3) is 0 Å². The molecule has 2 N–H and O–H groups in total. The Morgan fingerprint density at radius 3 is 2.67 bits per heavy atom. The van der Waals surface area contributed by atoms with Crippen LogP contribution in [-0.4, -0.2) is 13.5 Å². The average Bonchev–Trinajstić information content (AvgIpc) is 3.00. The highest BCUT2D eigenvalue weighted by atomic mass is 32.2. The van der Waals surface area contributed by atoms with E-state index in [0.717, 1.165) is 0 Å². The first-order chi connectivity index (χ1) is 9.97. The Morgan fingerprint density at radius 2 is 2.10 bits per heavy atom. The number of hydrogen-bond acceptors (Lipinski definition) is 4. The summed E-state index contributed by atoms with van der Waals surface area (Å²) in [4.78, 5) is 0.204. The van der Waals surface area contributed by atoms with Gasteiger partial charge in [-0.05, 0) is 42.7 Å². The summed E-state index contributed by atoms with van der Waals surface area (Å²) < 4.78 is 32.9. The molecule has 0 radical (unpaired) electrons. The highest BCUT2D eigenvalue weighted by molar-refractivity contribution is 7.89. The Bertz CT molecular complexity index is 692. The zero-order valence-corrected chi connectivity index (χ0v) is 12.9. The highest BCUT2D eigenvalue weighted by Gasteiger charge is 2.22. The van der Waals surface area contributed by atoms with Gasteiger partial charge in [0.25, 0.3) is 0 Å². The van der Waals surface area contributed by atoms with Crippen molar-refractivity contribution in [3.8, 4) is 0 Å². The molecule has 0 saturated heterocycles. The summed E-state index contributed by atoms with van der Waals surface area (Å²) in [6.45, 7) is 3.42. The average molecular weight is 309 g/mol. The molecular formula is C15H19NO4S. The molecule has 21 heavy (non-hydrogen) atoms. The molecule has 1 atom stereocenters. The molecule has 0 fully saturated rings. The van der Waals surface area contributed by atoms with Crippen molar-refractivity contribution in [1.82, 2.24) is 4.72 Å². The van der Waals surface area contributed by atoms with Crippen LogP contribution in [0.3, 0.4) is 0 Å². The van der Waals surface area contributed by atoms with Gasteiger partial charge in [-0.3, -0.25) is 0 Å². The second-order valence-corrected chi connectivity index (χ2v) is 6.49. The second kappa shape index (κ2) is 6.43. The first kappa shape index (κ1) is 15.8. The third-order valence-electron chi connectivity index (χ3n) is 3.29. The number of hydrogen-bond donors (Lipinski definition) is 2. The Hall–Kier alpha value is -1.63. The highest BCUT2D eigenvalue weighted by Crippen LogP contribution is 2.22. The molecular weight excluding hydrogens is 290 g/mol. The van der Waals surface area contributed by atoms with E-state index in [9.17, 15) is 13.5 Å². The predicted octanol–water partition coefficient (Wildman–Crippen LogP) is 2.37. The van der Waals surface area contributed by atoms with Crippen molar-refractivity contribution in [3.63, 3.8) is 0 Å². The normalized spacial score (nSPS) is 13.3. The lowest BCUT2D eigenvalue weighted by Crippen LogP contribution is -2.27. The van der Waals surface area contributed by atoms with Crippen molar-refractivity contribution in [3.05, 3.63) is 53.5 Å². The van der Waals surface area contributed by atoms with Gasteiger partial charge >= 0.3 is 0 Å². The van der Waals surface area contributed by atoms with Crippen LogP contribution in [0.1, 0.15) is 36.8 Å². The van der Waals surface area contributed by atoms with Crippen molar-refractivity contribution in [1.29, 1.82) is 0 Å². The molecule has 0 bridgehead atoms. The van der Waals surface area contributed by atoms with Crippen LogP contribution in [-0.2, 0) is 23.1 Å². The van der Waals surface area contributed by atoms with E-state index < -0.39 is 16.1 Å². The zero-order chi connectivity index (χ0) is 15.5. The topological polar surface area (TPSA) is 79.5 Å². The van der Waals surface area contributed by atoms with Crippen LogP contribution in [0.15, 0.2) is 45.9 Å². The molecule has 1 aromatic heterocycles. The molecule has 1 unspecified atom stereocenters. The van der Waals surface area contributed by atoms with E-state index in [1.54, 1.807) is 31.2 Å². The van der Waals surface area contributed by atoms with Crippen LogP contribution in [0, 0.1) is 0 Å². The maximum atomic E-state index is 12.6. The number of furan rings is 1. The molecule has 0 spiro atoms. The van der Waals surface area contributed by atoms with Gasteiger partial charge in [0.15, 0.2) is 0 Å². The summed E-state index contributed by atoms with van der Waals surface area (Å²) in [6, 6.07) is 7.94. The largest absolute Gasteiger partial charge is 0.468 e. The van der Waals surface area contributed by atoms with E-state index in [1.165, 1.54) is 12.3 Å². The fourth-order valence-corrected chi connectivity index (χ4v) is 3.70. The molecule has 6 heteroatoms. The standard InChI is InChI=1S/C15H19NO4S/c1-3-13-7-6-12(10-17)9-15(13)21(18,19)16-11(2)14-5-4-8-20-14/h4-9,11,16-17H,3,10H2,1-2H3. The summed E-state index contributed by atoms with van der Waals surface area (Å²) in [5.41, 5.74) is 1.28. The van der Waals surface area contributed by atoms with Crippen molar-refractivity contribution in [2.75, 3.05) is 0 Å². The zero-order valence-electron chi connectivity index (χ0n) is 12.0. The van der Waals surface area contributed by atoms with Gasteiger partial charge < -0.3 is 9.52 Å². The van der Waals surface area contributed by atoms with Gasteiger partial charge in [0.2, 0.25) is 10.0 Å². The molecule has 1 aromatic carbocycles. The van der Waals surface area contributed by atoms with Gasteiger partial charge in [-0.1, -0.05) is 19.1 Å². The maximum absolute atomic E-state index is 12.6. The number of aliphatic hydroxyl groups is 1. The summed E-state index contributed by atoms with van der Waals surface area (Å²) in [5.74, 6) is 0.551. The number of rotatable bonds is 6. The molecule has 2 aromatic rings. The Balaban J connectivity index is 2.34. The Labute approximate surface area is 124 Å². The van der Waals surface area contributed by atoms with Crippen molar-refractivity contribution < 1.29 is 17.9 Å². The Morgan fingerprint density at radius 1 is 1.33 bits per heavy atom. The quantitative estimate of drug-likeness (QED) is 0.858. The minimum absolute atomic E-state index is 0.194. The van der Waals surface area contributed by atoms with Gasteiger partial charge in [-0.2, -0.15) is 0 Å². The van der Waals surface area contributed by atoms with E-state index in [1.807, 2.05) is 6.92 Å². The van der Waals surface area contributed by atoms with Crippen LogP contribution in [0.5, 0.6) is 0 Å². The van der Waals surface area contributed by atoms with Crippen LogP contribution < -0.4 is 4.72 Å². The van der Waals surface area contributed by atoms with Gasteiger partial charge in [0, 0.05) is 0 Å². The molecule has 0 amide bonds. The third kappa shape index (κ3) is 3.53. The molecule has 5 nitrogen and oxygen atoms in total. The van der Waals surface area contributed by atoms with Crippen LogP contribution in [0.4, 0.5) is 0 Å². The molecule has 114 valence electrons. The van der Waals surface area contributed by atoms with Gasteiger partial charge in [-0.25, -0.2) is 13.1 Å². The third-order valence-corrected chi connectivity index (χ3v) is 4.91. The fourth-order valence-electron chi connectivity index (χ4n) is 2.13. The number of nitrogens with one attached hydrogen (secondary N) is 1. The lowest BCUT2D eigenvalue weighted by Gasteiger charge is -2.15. The van der Waals surface area contributed by atoms with Crippen LogP contribution >= 0.6 is 0 Å². The second-order valence-electron chi connectivity index (χ2n) is 4.81. The monoisotopic (exact) mass is 309 g/mol.